The predicted molar refractivity (Wildman–Crippen MR) is 56.4 cm³/mol. The minimum atomic E-state index is 0.257. The molecule has 72 valence electrons. The number of rotatable bonds is 4. The smallest absolute Gasteiger partial charge is 0.00966 e. The molecule has 0 aromatic rings. The van der Waals surface area contributed by atoms with Crippen LogP contribution in [0.3, 0.4) is 0 Å². The molecule has 0 aliphatic carbocycles. The SMILES string of the molecule is C/C=C(/CC)CCNC(C)(C)C. The quantitative estimate of drug-likeness (QED) is 0.638. The fourth-order valence-corrected chi connectivity index (χ4v) is 1.12. The number of allylic oxidation sites excluding steroid dienone is 1. The van der Waals surface area contributed by atoms with Crippen LogP contribution >= 0.6 is 0 Å². The third-order valence-electron chi connectivity index (χ3n) is 1.96. The molecule has 1 N–H and O–H groups in total. The average molecular weight is 169 g/mol. The zero-order chi connectivity index (χ0) is 9.61. The Morgan fingerprint density at radius 3 is 2.25 bits per heavy atom. The maximum atomic E-state index is 3.48. The van der Waals surface area contributed by atoms with Gasteiger partial charge in [-0.3, -0.25) is 0 Å². The first-order chi connectivity index (χ1) is 5.49. The lowest BCUT2D eigenvalue weighted by molar-refractivity contribution is 0.428. The van der Waals surface area contributed by atoms with Crippen molar-refractivity contribution >= 4 is 0 Å². The molecule has 0 bridgehead atoms. The number of hydrogen-bond acceptors (Lipinski definition) is 1. The van der Waals surface area contributed by atoms with Gasteiger partial charge in [-0.1, -0.05) is 18.6 Å². The van der Waals surface area contributed by atoms with Gasteiger partial charge in [0.05, 0.1) is 0 Å². The fourth-order valence-electron chi connectivity index (χ4n) is 1.12. The van der Waals surface area contributed by atoms with Gasteiger partial charge in [0, 0.05) is 5.54 Å². The van der Waals surface area contributed by atoms with Crippen LogP contribution in [0.2, 0.25) is 0 Å². The molecule has 0 aliphatic rings. The van der Waals surface area contributed by atoms with Crippen molar-refractivity contribution in [3.05, 3.63) is 11.6 Å². The topological polar surface area (TPSA) is 12.0 Å². The highest BCUT2D eigenvalue weighted by Crippen LogP contribution is 2.06. The molecule has 1 heteroatoms. The van der Waals surface area contributed by atoms with Crippen molar-refractivity contribution in [3.63, 3.8) is 0 Å². The van der Waals surface area contributed by atoms with Crippen molar-refractivity contribution in [1.82, 2.24) is 5.32 Å². The van der Waals surface area contributed by atoms with Gasteiger partial charge in [0.2, 0.25) is 0 Å². The van der Waals surface area contributed by atoms with E-state index in [1.807, 2.05) is 0 Å². The maximum absolute atomic E-state index is 3.48. The molecule has 0 atom stereocenters. The van der Waals surface area contributed by atoms with E-state index in [-0.39, 0.29) is 5.54 Å². The minimum Gasteiger partial charge on any atom is -0.312 e. The summed E-state index contributed by atoms with van der Waals surface area (Å²) in [5, 5.41) is 3.48. The van der Waals surface area contributed by atoms with Crippen LogP contribution in [0, 0.1) is 0 Å². The van der Waals surface area contributed by atoms with Crippen LogP contribution in [0.4, 0.5) is 0 Å². The summed E-state index contributed by atoms with van der Waals surface area (Å²) in [6.45, 7) is 12.0. The minimum absolute atomic E-state index is 0.257. The lowest BCUT2D eigenvalue weighted by Crippen LogP contribution is -2.36. The zero-order valence-corrected chi connectivity index (χ0v) is 9.20. The van der Waals surface area contributed by atoms with E-state index >= 15 is 0 Å². The zero-order valence-electron chi connectivity index (χ0n) is 9.20. The summed E-state index contributed by atoms with van der Waals surface area (Å²) in [5.74, 6) is 0. The van der Waals surface area contributed by atoms with Gasteiger partial charge in [-0.15, -0.1) is 0 Å². The van der Waals surface area contributed by atoms with Crippen LogP contribution in [0.15, 0.2) is 11.6 Å². The molecule has 0 rings (SSSR count). The van der Waals surface area contributed by atoms with E-state index in [0.29, 0.717) is 0 Å². The Morgan fingerprint density at radius 2 is 1.92 bits per heavy atom. The summed E-state index contributed by atoms with van der Waals surface area (Å²) in [4.78, 5) is 0. The highest BCUT2D eigenvalue weighted by molar-refractivity contribution is 4.99. The van der Waals surface area contributed by atoms with Gasteiger partial charge in [0.25, 0.3) is 0 Å². The summed E-state index contributed by atoms with van der Waals surface area (Å²) in [5.41, 5.74) is 1.80. The molecule has 0 amide bonds. The Labute approximate surface area is 77.2 Å². The predicted octanol–water partition coefficient (Wildman–Crippen LogP) is 3.12. The molecule has 0 aromatic heterocycles. The Bertz CT molecular complexity index is 140. The summed E-state index contributed by atoms with van der Waals surface area (Å²) < 4.78 is 0. The Morgan fingerprint density at radius 1 is 1.33 bits per heavy atom. The van der Waals surface area contributed by atoms with Crippen LogP contribution < -0.4 is 5.32 Å². The van der Waals surface area contributed by atoms with Gasteiger partial charge >= 0.3 is 0 Å². The molecule has 12 heavy (non-hydrogen) atoms. The first-order valence-electron chi connectivity index (χ1n) is 4.88. The van der Waals surface area contributed by atoms with Gasteiger partial charge in [-0.05, 0) is 47.1 Å². The van der Waals surface area contributed by atoms with Crippen LogP contribution in [-0.2, 0) is 0 Å². The van der Waals surface area contributed by atoms with Crippen molar-refractivity contribution in [2.45, 2.75) is 53.0 Å². The second-order valence-electron chi connectivity index (χ2n) is 4.23. The van der Waals surface area contributed by atoms with E-state index in [1.54, 1.807) is 5.57 Å². The van der Waals surface area contributed by atoms with E-state index in [4.69, 9.17) is 0 Å². The molecule has 0 aliphatic heterocycles. The Hall–Kier alpha value is -0.300. The highest BCUT2D eigenvalue weighted by Gasteiger charge is 2.07. The Balaban J connectivity index is 3.56. The van der Waals surface area contributed by atoms with Crippen LogP contribution in [0.5, 0.6) is 0 Å². The fraction of sp³-hybridized carbons (Fsp3) is 0.818. The second-order valence-corrected chi connectivity index (χ2v) is 4.23. The van der Waals surface area contributed by atoms with E-state index in [9.17, 15) is 0 Å². The van der Waals surface area contributed by atoms with Gasteiger partial charge in [0.1, 0.15) is 0 Å². The van der Waals surface area contributed by atoms with Crippen molar-refractivity contribution in [2.24, 2.45) is 0 Å². The van der Waals surface area contributed by atoms with Crippen molar-refractivity contribution in [2.75, 3.05) is 6.54 Å². The standard InChI is InChI=1S/C11H23N/c1-6-10(7-2)8-9-12-11(3,4)5/h6,12H,7-9H2,1-5H3/b10-6-. The molecule has 1 nitrogen and oxygen atoms in total. The van der Waals surface area contributed by atoms with E-state index in [2.05, 4.69) is 46.0 Å². The van der Waals surface area contributed by atoms with E-state index in [1.165, 1.54) is 12.8 Å². The number of hydrogen-bond donors (Lipinski definition) is 1. The van der Waals surface area contributed by atoms with E-state index < -0.39 is 0 Å². The molecule has 0 aromatic carbocycles. The molecule has 0 unspecified atom stereocenters. The molecular formula is C11H23N. The van der Waals surface area contributed by atoms with Crippen LogP contribution in [-0.4, -0.2) is 12.1 Å². The summed E-state index contributed by atoms with van der Waals surface area (Å²) in [6.07, 6.45) is 4.59. The lowest BCUT2D eigenvalue weighted by atomic mass is 10.1. The summed E-state index contributed by atoms with van der Waals surface area (Å²) in [6, 6.07) is 0. The number of nitrogens with one attached hydrogen (secondary N) is 1. The Kier molecular flexibility index (Phi) is 5.23. The maximum Gasteiger partial charge on any atom is 0.00966 e. The molecular weight excluding hydrogens is 146 g/mol. The van der Waals surface area contributed by atoms with Crippen LogP contribution in [0.1, 0.15) is 47.5 Å². The van der Waals surface area contributed by atoms with Crippen molar-refractivity contribution < 1.29 is 0 Å². The summed E-state index contributed by atoms with van der Waals surface area (Å²) in [7, 11) is 0. The molecule has 0 saturated heterocycles. The lowest BCUT2D eigenvalue weighted by Gasteiger charge is -2.20. The second kappa shape index (κ2) is 5.36. The van der Waals surface area contributed by atoms with E-state index in [0.717, 1.165) is 6.54 Å². The van der Waals surface area contributed by atoms with Gasteiger partial charge in [0.15, 0.2) is 0 Å². The highest BCUT2D eigenvalue weighted by atomic mass is 14.9. The van der Waals surface area contributed by atoms with Crippen molar-refractivity contribution in [3.8, 4) is 0 Å². The third-order valence-corrected chi connectivity index (χ3v) is 1.96. The molecule has 0 heterocycles. The van der Waals surface area contributed by atoms with Crippen LogP contribution in [0.25, 0.3) is 0 Å². The summed E-state index contributed by atoms with van der Waals surface area (Å²) >= 11 is 0. The largest absolute Gasteiger partial charge is 0.312 e. The molecule has 0 radical (unpaired) electrons. The molecule has 0 saturated carbocycles. The van der Waals surface area contributed by atoms with Gasteiger partial charge in [-0.25, -0.2) is 0 Å². The third kappa shape index (κ3) is 6.41. The first-order valence-corrected chi connectivity index (χ1v) is 4.88. The molecule has 0 spiro atoms. The average Bonchev–Trinajstić information content (AvgIpc) is 1.96. The van der Waals surface area contributed by atoms with Gasteiger partial charge in [-0.2, -0.15) is 0 Å². The first kappa shape index (κ1) is 11.7. The monoisotopic (exact) mass is 169 g/mol. The normalized spacial score (nSPS) is 13.6. The van der Waals surface area contributed by atoms with Gasteiger partial charge < -0.3 is 5.32 Å². The van der Waals surface area contributed by atoms with Crippen molar-refractivity contribution in [1.29, 1.82) is 0 Å². The molecule has 0 fully saturated rings.